The fraction of sp³-hybridized carbons (Fsp3) is 0.226. The van der Waals surface area contributed by atoms with Crippen LogP contribution in [0.5, 0.6) is 0 Å². The number of carbonyl (C=O) groups excluding carboxylic acids is 2. The van der Waals surface area contributed by atoms with E-state index in [-0.39, 0.29) is 0 Å². The highest BCUT2D eigenvalue weighted by Crippen LogP contribution is 2.38. The highest BCUT2D eigenvalue weighted by molar-refractivity contribution is 5.84. The molecule has 0 fully saturated rings. The van der Waals surface area contributed by atoms with Gasteiger partial charge in [-0.3, -0.25) is 9.59 Å². The standard InChI is InChI=1S/C31H30O2/c1-19-12-25(18-33)8-11-27(19)29-15-23(5)31(16-22(29)4)30-14-20(2)28(13-21(30)3)26-9-6-24(17-32)7-10-26/h6-11,13-19H,12H2,1-5H3. The van der Waals surface area contributed by atoms with Gasteiger partial charge in [0.05, 0.1) is 0 Å². The van der Waals surface area contributed by atoms with Crippen LogP contribution >= 0.6 is 0 Å². The number of hydrogen-bond acceptors (Lipinski definition) is 2. The predicted octanol–water partition coefficient (Wildman–Crippen LogP) is 7.62. The molecule has 0 bridgehead atoms. The van der Waals surface area contributed by atoms with Crippen LogP contribution in [-0.2, 0) is 4.79 Å². The summed E-state index contributed by atoms with van der Waals surface area (Å²) in [6.07, 6.45) is 6.71. The largest absolute Gasteiger partial charge is 0.298 e. The van der Waals surface area contributed by atoms with Crippen molar-refractivity contribution in [3.63, 3.8) is 0 Å². The van der Waals surface area contributed by atoms with Crippen LogP contribution in [0.1, 0.15) is 51.5 Å². The molecule has 33 heavy (non-hydrogen) atoms. The Morgan fingerprint density at radius 1 is 0.667 bits per heavy atom. The second kappa shape index (κ2) is 9.15. The fourth-order valence-electron chi connectivity index (χ4n) is 4.91. The summed E-state index contributed by atoms with van der Waals surface area (Å²) in [5.41, 5.74) is 13.9. The quantitative estimate of drug-likeness (QED) is 0.387. The minimum atomic E-state index is 0.327. The number of allylic oxidation sites excluding steroid dienone is 4. The molecule has 2 nitrogen and oxygen atoms in total. The molecular formula is C31H30O2. The van der Waals surface area contributed by atoms with E-state index in [1.807, 2.05) is 30.3 Å². The minimum Gasteiger partial charge on any atom is -0.298 e. The molecule has 0 amide bonds. The summed E-state index contributed by atoms with van der Waals surface area (Å²) < 4.78 is 0. The van der Waals surface area contributed by atoms with Crippen LogP contribution < -0.4 is 0 Å². The predicted molar refractivity (Wildman–Crippen MR) is 138 cm³/mol. The van der Waals surface area contributed by atoms with Gasteiger partial charge in [-0.1, -0.05) is 67.6 Å². The lowest BCUT2D eigenvalue weighted by atomic mass is 9.81. The summed E-state index contributed by atoms with van der Waals surface area (Å²) in [4.78, 5) is 22.1. The number of rotatable bonds is 5. The van der Waals surface area contributed by atoms with E-state index < -0.39 is 0 Å². The van der Waals surface area contributed by atoms with Crippen molar-refractivity contribution in [1.82, 2.24) is 0 Å². The third kappa shape index (κ3) is 4.39. The summed E-state index contributed by atoms with van der Waals surface area (Å²) in [5, 5.41) is 0. The van der Waals surface area contributed by atoms with E-state index in [9.17, 15) is 9.59 Å². The van der Waals surface area contributed by atoms with Crippen LogP contribution in [0.3, 0.4) is 0 Å². The van der Waals surface area contributed by atoms with Gasteiger partial charge in [0.15, 0.2) is 0 Å². The van der Waals surface area contributed by atoms with Crippen molar-refractivity contribution in [2.45, 2.75) is 41.0 Å². The Hall–Kier alpha value is -3.52. The number of hydrogen-bond donors (Lipinski definition) is 0. The highest BCUT2D eigenvalue weighted by atomic mass is 16.1. The monoisotopic (exact) mass is 434 g/mol. The molecule has 1 atom stereocenters. The summed E-state index contributed by atoms with van der Waals surface area (Å²) in [7, 11) is 0. The fourth-order valence-corrected chi connectivity index (χ4v) is 4.91. The summed E-state index contributed by atoms with van der Waals surface area (Å²) in [6, 6.07) is 16.9. The third-order valence-electron chi connectivity index (χ3n) is 6.80. The second-order valence-corrected chi connectivity index (χ2v) is 9.29. The maximum absolute atomic E-state index is 11.2. The lowest BCUT2D eigenvalue weighted by Crippen LogP contribution is -2.07. The van der Waals surface area contributed by atoms with Crippen LogP contribution in [0.15, 0.2) is 66.3 Å². The Bertz CT molecular complexity index is 1300. The van der Waals surface area contributed by atoms with E-state index in [1.165, 1.54) is 50.1 Å². The molecule has 1 unspecified atom stereocenters. The van der Waals surface area contributed by atoms with Crippen molar-refractivity contribution < 1.29 is 9.59 Å². The molecule has 0 saturated heterocycles. The SMILES string of the molecule is Cc1cc(-c2cc(C)c(-c3ccc(C=O)cc3)cc2C)c(C)cc1C1=CC=C(C=O)CC1C. The Kier molecular flexibility index (Phi) is 6.29. The molecule has 4 rings (SSSR count). The zero-order chi connectivity index (χ0) is 23.7. The smallest absolute Gasteiger partial charge is 0.150 e. The Morgan fingerprint density at radius 3 is 1.73 bits per heavy atom. The van der Waals surface area contributed by atoms with Crippen LogP contribution in [0.4, 0.5) is 0 Å². The lowest BCUT2D eigenvalue weighted by Gasteiger charge is -2.23. The summed E-state index contributed by atoms with van der Waals surface area (Å²) in [5.74, 6) is 0.327. The first-order valence-electron chi connectivity index (χ1n) is 11.5. The van der Waals surface area contributed by atoms with Crippen LogP contribution in [0.2, 0.25) is 0 Å². The maximum atomic E-state index is 11.2. The molecular weight excluding hydrogens is 404 g/mol. The minimum absolute atomic E-state index is 0.327. The molecule has 0 heterocycles. The van der Waals surface area contributed by atoms with Gasteiger partial charge in [-0.05, 0) is 101 Å². The summed E-state index contributed by atoms with van der Waals surface area (Å²) >= 11 is 0. The molecule has 0 N–H and O–H groups in total. The van der Waals surface area contributed by atoms with E-state index in [0.29, 0.717) is 11.5 Å². The Labute approximate surface area is 196 Å². The normalized spacial score (nSPS) is 15.6. The molecule has 0 radical (unpaired) electrons. The first-order chi connectivity index (χ1) is 15.8. The van der Waals surface area contributed by atoms with Crippen molar-refractivity contribution >= 4 is 18.1 Å². The van der Waals surface area contributed by atoms with Gasteiger partial charge in [-0.25, -0.2) is 0 Å². The average Bonchev–Trinajstić information content (AvgIpc) is 2.82. The van der Waals surface area contributed by atoms with Gasteiger partial charge in [0.25, 0.3) is 0 Å². The number of aldehydes is 2. The number of benzene rings is 3. The zero-order valence-electron chi connectivity index (χ0n) is 20.0. The van der Waals surface area contributed by atoms with Gasteiger partial charge in [-0.2, -0.15) is 0 Å². The van der Waals surface area contributed by atoms with E-state index >= 15 is 0 Å². The molecule has 3 aromatic carbocycles. The first kappa shape index (κ1) is 22.7. The second-order valence-electron chi connectivity index (χ2n) is 9.29. The van der Waals surface area contributed by atoms with E-state index in [4.69, 9.17) is 0 Å². The average molecular weight is 435 g/mol. The molecule has 1 aliphatic carbocycles. The van der Waals surface area contributed by atoms with Crippen molar-refractivity contribution in [3.05, 3.63) is 99.6 Å². The van der Waals surface area contributed by atoms with Crippen molar-refractivity contribution in [2.75, 3.05) is 0 Å². The molecule has 0 spiro atoms. The number of carbonyl (C=O) groups is 2. The van der Waals surface area contributed by atoms with Gasteiger partial charge in [0, 0.05) is 5.56 Å². The third-order valence-corrected chi connectivity index (χ3v) is 6.80. The topological polar surface area (TPSA) is 34.1 Å². The van der Waals surface area contributed by atoms with Crippen molar-refractivity contribution in [1.29, 1.82) is 0 Å². The van der Waals surface area contributed by atoms with E-state index in [2.05, 4.69) is 65.0 Å². The highest BCUT2D eigenvalue weighted by Gasteiger charge is 2.19. The zero-order valence-corrected chi connectivity index (χ0v) is 20.0. The van der Waals surface area contributed by atoms with Gasteiger partial charge in [0.1, 0.15) is 12.6 Å². The van der Waals surface area contributed by atoms with Crippen LogP contribution in [0.25, 0.3) is 27.8 Å². The van der Waals surface area contributed by atoms with Gasteiger partial charge < -0.3 is 0 Å². The first-order valence-corrected chi connectivity index (χ1v) is 11.5. The van der Waals surface area contributed by atoms with Crippen molar-refractivity contribution in [2.24, 2.45) is 5.92 Å². The van der Waals surface area contributed by atoms with Crippen LogP contribution in [-0.4, -0.2) is 12.6 Å². The molecule has 0 aliphatic heterocycles. The molecule has 0 saturated carbocycles. The molecule has 1 aliphatic rings. The number of aryl methyl sites for hydroxylation is 4. The molecule has 3 aromatic rings. The molecule has 166 valence electrons. The summed E-state index contributed by atoms with van der Waals surface area (Å²) in [6.45, 7) is 10.9. The van der Waals surface area contributed by atoms with Crippen LogP contribution in [0, 0.1) is 33.6 Å². The molecule has 2 heteroatoms. The molecule has 0 aromatic heterocycles. The van der Waals surface area contributed by atoms with Gasteiger partial charge in [-0.15, -0.1) is 0 Å². The van der Waals surface area contributed by atoms with Gasteiger partial charge in [0.2, 0.25) is 0 Å². The van der Waals surface area contributed by atoms with E-state index in [1.54, 1.807) is 0 Å². The van der Waals surface area contributed by atoms with E-state index in [0.717, 1.165) is 30.1 Å². The lowest BCUT2D eigenvalue weighted by molar-refractivity contribution is -0.105. The maximum Gasteiger partial charge on any atom is 0.150 e. The van der Waals surface area contributed by atoms with Gasteiger partial charge >= 0.3 is 0 Å². The Morgan fingerprint density at radius 2 is 1.18 bits per heavy atom. The van der Waals surface area contributed by atoms with Crippen molar-refractivity contribution in [3.8, 4) is 22.3 Å². The Balaban J connectivity index is 1.75.